The smallest absolute Gasteiger partial charge is 0.254 e. The Hall–Kier alpha value is -2.69. The molecule has 1 fully saturated rings. The molecular weight excluding hydrogens is 324 g/mol. The highest BCUT2D eigenvalue weighted by Gasteiger charge is 2.30. The maximum atomic E-state index is 13.4. The summed E-state index contributed by atoms with van der Waals surface area (Å²) in [5.41, 5.74) is 3.78. The molecule has 0 radical (unpaired) electrons. The van der Waals surface area contributed by atoms with Crippen molar-refractivity contribution >= 4 is 16.8 Å². The third kappa shape index (κ3) is 3.09. The third-order valence-corrected chi connectivity index (χ3v) is 5.23. The highest BCUT2D eigenvalue weighted by atomic mass is 16.2. The van der Waals surface area contributed by atoms with E-state index in [1.54, 1.807) is 6.20 Å². The largest absolute Gasteiger partial charge is 0.334 e. The van der Waals surface area contributed by atoms with Gasteiger partial charge in [-0.15, -0.1) is 0 Å². The van der Waals surface area contributed by atoms with E-state index in [4.69, 9.17) is 0 Å². The van der Waals surface area contributed by atoms with Crippen molar-refractivity contribution in [2.45, 2.75) is 45.7 Å². The van der Waals surface area contributed by atoms with Crippen molar-refractivity contribution in [3.8, 4) is 0 Å². The Kier molecular flexibility index (Phi) is 4.45. The molecule has 134 valence electrons. The van der Waals surface area contributed by atoms with Crippen molar-refractivity contribution in [1.29, 1.82) is 0 Å². The summed E-state index contributed by atoms with van der Waals surface area (Å²) in [6.45, 7) is 5.64. The Morgan fingerprint density at radius 1 is 1.31 bits per heavy atom. The fourth-order valence-corrected chi connectivity index (χ4v) is 3.87. The molecule has 1 saturated heterocycles. The zero-order valence-electron chi connectivity index (χ0n) is 15.4. The van der Waals surface area contributed by atoms with Crippen molar-refractivity contribution in [1.82, 2.24) is 19.7 Å². The Balaban J connectivity index is 1.70. The van der Waals surface area contributed by atoms with Crippen LogP contribution >= 0.6 is 0 Å². The van der Waals surface area contributed by atoms with Gasteiger partial charge in [0.05, 0.1) is 23.7 Å². The van der Waals surface area contributed by atoms with Crippen LogP contribution in [0.5, 0.6) is 0 Å². The quantitative estimate of drug-likeness (QED) is 0.724. The second kappa shape index (κ2) is 6.90. The van der Waals surface area contributed by atoms with Crippen LogP contribution in [0.4, 0.5) is 0 Å². The van der Waals surface area contributed by atoms with Gasteiger partial charge >= 0.3 is 0 Å². The lowest BCUT2D eigenvalue weighted by Crippen LogP contribution is -2.38. The molecule has 1 aliphatic heterocycles. The Labute approximate surface area is 153 Å². The molecule has 2 aromatic heterocycles. The summed E-state index contributed by atoms with van der Waals surface area (Å²) < 4.78 is 1.92. The van der Waals surface area contributed by atoms with Gasteiger partial charge in [-0.1, -0.05) is 13.0 Å². The highest BCUT2D eigenvalue weighted by molar-refractivity contribution is 6.06. The maximum absolute atomic E-state index is 13.4. The van der Waals surface area contributed by atoms with E-state index in [2.05, 4.69) is 29.1 Å². The summed E-state index contributed by atoms with van der Waals surface area (Å²) in [6.07, 6.45) is 6.75. The highest BCUT2D eigenvalue weighted by Crippen LogP contribution is 2.26. The molecular formula is C21H24N4O. The van der Waals surface area contributed by atoms with E-state index in [0.717, 1.165) is 54.5 Å². The molecule has 5 heteroatoms. The van der Waals surface area contributed by atoms with E-state index < -0.39 is 0 Å². The molecule has 0 N–H and O–H groups in total. The second-order valence-corrected chi connectivity index (χ2v) is 7.04. The molecule has 0 unspecified atom stereocenters. The molecule has 0 spiro atoms. The van der Waals surface area contributed by atoms with Crippen LogP contribution in [-0.4, -0.2) is 38.2 Å². The number of carbonyl (C=O) groups excluding carboxylic acids is 1. The lowest BCUT2D eigenvalue weighted by atomic mass is 10.0. The van der Waals surface area contributed by atoms with Crippen LogP contribution in [0.2, 0.25) is 0 Å². The summed E-state index contributed by atoms with van der Waals surface area (Å²) in [4.78, 5) is 20.1. The van der Waals surface area contributed by atoms with Crippen LogP contribution in [-0.2, 0) is 13.0 Å². The first-order valence-electron chi connectivity index (χ1n) is 9.34. The minimum atomic E-state index is 0.114. The number of hydrogen-bond donors (Lipinski definition) is 0. The third-order valence-electron chi connectivity index (χ3n) is 5.23. The molecule has 0 saturated carbocycles. The summed E-state index contributed by atoms with van der Waals surface area (Å²) in [6, 6.07) is 10.3. The molecule has 26 heavy (non-hydrogen) atoms. The Bertz CT molecular complexity index is 933. The first kappa shape index (κ1) is 16.8. The van der Waals surface area contributed by atoms with Crippen molar-refractivity contribution in [3.05, 3.63) is 59.5 Å². The second-order valence-electron chi connectivity index (χ2n) is 7.04. The molecule has 5 nitrogen and oxygen atoms in total. The molecule has 1 aromatic carbocycles. The average molecular weight is 348 g/mol. The zero-order valence-corrected chi connectivity index (χ0v) is 15.4. The summed E-state index contributed by atoms with van der Waals surface area (Å²) >= 11 is 0. The van der Waals surface area contributed by atoms with Crippen LogP contribution in [0.1, 0.15) is 41.4 Å². The molecule has 3 aromatic rings. The zero-order chi connectivity index (χ0) is 18.1. The number of nitrogens with zero attached hydrogens (tertiary/aromatic N) is 4. The Morgan fingerprint density at radius 3 is 2.96 bits per heavy atom. The van der Waals surface area contributed by atoms with Gasteiger partial charge in [0.2, 0.25) is 0 Å². The number of likely N-dealkylation sites (tertiary alicyclic amines) is 1. The van der Waals surface area contributed by atoms with Gasteiger partial charge in [-0.2, -0.15) is 5.10 Å². The first-order chi connectivity index (χ1) is 12.7. The van der Waals surface area contributed by atoms with Gasteiger partial charge < -0.3 is 4.90 Å². The van der Waals surface area contributed by atoms with Crippen molar-refractivity contribution < 1.29 is 4.79 Å². The standard InChI is InChI=1S/C21H24N4O/c1-3-16-7-8-20-18(13-16)19(12-15(2)23-20)21(26)25-11-4-6-17(25)14-24-10-5-9-22-24/h5,7-10,12-13,17H,3-4,6,11,14H2,1-2H3/t17-/m0/s1. The number of carbonyl (C=O) groups is 1. The molecule has 1 atom stereocenters. The lowest BCUT2D eigenvalue weighted by Gasteiger charge is -2.25. The van der Waals surface area contributed by atoms with Crippen molar-refractivity contribution in [2.24, 2.45) is 0 Å². The van der Waals surface area contributed by atoms with Gasteiger partial charge in [0.1, 0.15) is 0 Å². The average Bonchev–Trinajstić information content (AvgIpc) is 3.32. The molecule has 4 rings (SSSR count). The number of rotatable bonds is 4. The minimum absolute atomic E-state index is 0.114. The van der Waals surface area contributed by atoms with E-state index in [1.165, 1.54) is 5.56 Å². The summed E-state index contributed by atoms with van der Waals surface area (Å²) in [5, 5.41) is 5.26. The molecule has 3 heterocycles. The van der Waals surface area contributed by atoms with Crippen LogP contribution in [0.25, 0.3) is 10.9 Å². The fraction of sp³-hybridized carbons (Fsp3) is 0.381. The van der Waals surface area contributed by atoms with E-state index in [1.807, 2.05) is 40.9 Å². The fourth-order valence-electron chi connectivity index (χ4n) is 3.87. The van der Waals surface area contributed by atoms with Gasteiger partial charge in [0.25, 0.3) is 5.91 Å². The Morgan fingerprint density at radius 2 is 2.19 bits per heavy atom. The monoisotopic (exact) mass is 348 g/mol. The van der Waals surface area contributed by atoms with Crippen molar-refractivity contribution in [3.63, 3.8) is 0 Å². The van der Waals surface area contributed by atoms with E-state index in [0.29, 0.717) is 0 Å². The molecule has 0 aliphatic carbocycles. The lowest BCUT2D eigenvalue weighted by molar-refractivity contribution is 0.0723. The first-order valence-corrected chi connectivity index (χ1v) is 9.34. The van der Waals surface area contributed by atoms with Crippen LogP contribution in [0.15, 0.2) is 42.7 Å². The van der Waals surface area contributed by atoms with Gasteiger partial charge in [-0.05, 0) is 56.0 Å². The molecule has 1 aliphatic rings. The molecule has 1 amide bonds. The summed E-state index contributed by atoms with van der Waals surface area (Å²) in [7, 11) is 0. The van der Waals surface area contributed by atoms with Gasteiger partial charge in [0, 0.05) is 30.0 Å². The predicted octanol–water partition coefficient (Wildman–Crippen LogP) is 3.61. The predicted molar refractivity (Wildman–Crippen MR) is 102 cm³/mol. The van der Waals surface area contributed by atoms with Gasteiger partial charge in [0.15, 0.2) is 0 Å². The molecule has 0 bridgehead atoms. The number of aromatic nitrogens is 3. The number of hydrogen-bond acceptors (Lipinski definition) is 3. The van der Waals surface area contributed by atoms with E-state index in [-0.39, 0.29) is 11.9 Å². The number of benzene rings is 1. The van der Waals surface area contributed by atoms with Crippen LogP contribution < -0.4 is 0 Å². The normalized spacial score (nSPS) is 17.2. The topological polar surface area (TPSA) is 51.0 Å². The number of pyridine rings is 1. The van der Waals surface area contributed by atoms with Crippen LogP contribution in [0, 0.1) is 6.92 Å². The maximum Gasteiger partial charge on any atom is 0.254 e. The van der Waals surface area contributed by atoms with Crippen LogP contribution in [0.3, 0.4) is 0 Å². The number of aryl methyl sites for hydroxylation is 2. The van der Waals surface area contributed by atoms with Crippen molar-refractivity contribution in [2.75, 3.05) is 6.54 Å². The van der Waals surface area contributed by atoms with Gasteiger partial charge in [-0.3, -0.25) is 14.5 Å². The minimum Gasteiger partial charge on any atom is -0.334 e. The van der Waals surface area contributed by atoms with E-state index in [9.17, 15) is 4.79 Å². The summed E-state index contributed by atoms with van der Waals surface area (Å²) in [5.74, 6) is 0.114. The number of amides is 1. The number of fused-ring (bicyclic) bond motifs is 1. The van der Waals surface area contributed by atoms with Gasteiger partial charge in [-0.25, -0.2) is 0 Å². The SMILES string of the molecule is CCc1ccc2nc(C)cc(C(=O)N3CCC[C@H]3Cn3cccn3)c2c1. The van der Waals surface area contributed by atoms with E-state index >= 15 is 0 Å².